The summed E-state index contributed by atoms with van der Waals surface area (Å²) in [6, 6.07) is 7.78. The van der Waals surface area contributed by atoms with Gasteiger partial charge in [-0.05, 0) is 30.3 Å². The van der Waals surface area contributed by atoms with Crippen LogP contribution in [0.3, 0.4) is 0 Å². The maximum absolute atomic E-state index is 12.2. The molecule has 1 heterocycles. The van der Waals surface area contributed by atoms with Gasteiger partial charge in [-0.2, -0.15) is 23.4 Å². The van der Waals surface area contributed by atoms with Gasteiger partial charge in [-0.3, -0.25) is 9.48 Å². The van der Waals surface area contributed by atoms with Crippen molar-refractivity contribution in [1.29, 1.82) is 0 Å². The fourth-order valence-corrected chi connectivity index (χ4v) is 1.73. The van der Waals surface area contributed by atoms with Crippen LogP contribution in [-0.4, -0.2) is 34.7 Å². The highest BCUT2D eigenvalue weighted by atomic mass is 35.5. The number of hydrogen-bond donors (Lipinski definition) is 1. The standard InChI is InChI=1S/C14H12ClF3N4O2/c15-10-1-3-12(4-2-10)24-8-13(23)20-19-7-11-5-6-22(21-11)9-14(16,17)18/h1-7H,8-9H2,(H,20,23). The van der Waals surface area contributed by atoms with Crippen LogP contribution in [0.1, 0.15) is 5.69 Å². The van der Waals surface area contributed by atoms with Crippen molar-refractivity contribution in [2.24, 2.45) is 5.10 Å². The van der Waals surface area contributed by atoms with Gasteiger partial charge < -0.3 is 4.74 Å². The van der Waals surface area contributed by atoms with Crippen LogP contribution in [0.25, 0.3) is 0 Å². The number of alkyl halides is 3. The average molecular weight is 361 g/mol. The van der Waals surface area contributed by atoms with Gasteiger partial charge in [0.25, 0.3) is 5.91 Å². The molecule has 1 amide bonds. The van der Waals surface area contributed by atoms with Gasteiger partial charge >= 0.3 is 6.18 Å². The molecule has 10 heteroatoms. The quantitative estimate of drug-likeness (QED) is 0.636. The average Bonchev–Trinajstić information content (AvgIpc) is 2.92. The van der Waals surface area contributed by atoms with E-state index in [1.54, 1.807) is 24.3 Å². The van der Waals surface area contributed by atoms with Crippen molar-refractivity contribution in [3.63, 3.8) is 0 Å². The number of hydrogen-bond acceptors (Lipinski definition) is 4. The van der Waals surface area contributed by atoms with Crippen LogP contribution in [0.2, 0.25) is 5.02 Å². The molecule has 0 unspecified atom stereocenters. The molecule has 0 saturated heterocycles. The highest BCUT2D eigenvalue weighted by Gasteiger charge is 2.28. The van der Waals surface area contributed by atoms with Crippen molar-refractivity contribution in [2.45, 2.75) is 12.7 Å². The minimum atomic E-state index is -4.35. The van der Waals surface area contributed by atoms with E-state index < -0.39 is 18.6 Å². The lowest BCUT2D eigenvalue weighted by Crippen LogP contribution is -2.24. The van der Waals surface area contributed by atoms with E-state index in [1.807, 2.05) is 0 Å². The van der Waals surface area contributed by atoms with E-state index >= 15 is 0 Å². The van der Waals surface area contributed by atoms with E-state index in [9.17, 15) is 18.0 Å². The Morgan fingerprint density at radius 3 is 2.71 bits per heavy atom. The van der Waals surface area contributed by atoms with Crippen LogP contribution in [-0.2, 0) is 11.3 Å². The predicted molar refractivity (Wildman–Crippen MR) is 81.0 cm³/mol. The lowest BCUT2D eigenvalue weighted by molar-refractivity contribution is -0.142. The molecule has 0 aliphatic carbocycles. The number of amides is 1. The second kappa shape index (κ2) is 7.82. The second-order valence-corrected chi connectivity index (χ2v) is 5.03. The fourth-order valence-electron chi connectivity index (χ4n) is 1.60. The van der Waals surface area contributed by atoms with E-state index in [1.165, 1.54) is 12.3 Å². The summed E-state index contributed by atoms with van der Waals surface area (Å²) in [6.45, 7) is -1.47. The summed E-state index contributed by atoms with van der Waals surface area (Å²) in [5, 5.41) is 7.78. The summed E-state index contributed by atoms with van der Waals surface area (Å²) in [5.74, 6) is -0.0691. The molecule has 0 fully saturated rings. The van der Waals surface area contributed by atoms with Crippen LogP contribution in [0, 0.1) is 0 Å². The van der Waals surface area contributed by atoms with Gasteiger partial charge in [0.2, 0.25) is 0 Å². The molecule has 2 aromatic rings. The predicted octanol–water partition coefficient (Wildman–Crippen LogP) is 2.63. The number of aromatic nitrogens is 2. The first kappa shape index (κ1) is 17.8. The highest BCUT2D eigenvalue weighted by molar-refractivity contribution is 6.30. The van der Waals surface area contributed by atoms with Gasteiger partial charge in [-0.25, -0.2) is 5.43 Å². The third kappa shape index (κ3) is 6.29. The number of benzene rings is 1. The van der Waals surface area contributed by atoms with Gasteiger partial charge in [-0.1, -0.05) is 11.6 Å². The van der Waals surface area contributed by atoms with E-state index in [-0.39, 0.29) is 12.3 Å². The number of nitrogens with zero attached hydrogens (tertiary/aromatic N) is 3. The number of halogens is 4. The number of carbonyl (C=O) groups excluding carboxylic acids is 1. The number of nitrogens with one attached hydrogen (secondary N) is 1. The topological polar surface area (TPSA) is 68.5 Å². The summed E-state index contributed by atoms with van der Waals surface area (Å²) in [4.78, 5) is 11.5. The molecule has 0 spiro atoms. The van der Waals surface area contributed by atoms with Crippen molar-refractivity contribution in [3.8, 4) is 5.75 Å². The molecule has 0 aliphatic heterocycles. The van der Waals surface area contributed by atoms with E-state index in [2.05, 4.69) is 15.6 Å². The van der Waals surface area contributed by atoms with E-state index in [0.29, 0.717) is 10.8 Å². The summed E-state index contributed by atoms with van der Waals surface area (Å²) in [7, 11) is 0. The van der Waals surface area contributed by atoms with Crippen LogP contribution in [0.5, 0.6) is 5.75 Å². The van der Waals surface area contributed by atoms with Gasteiger partial charge in [0, 0.05) is 11.2 Å². The summed E-state index contributed by atoms with van der Waals surface area (Å²) < 4.78 is 42.5. The van der Waals surface area contributed by atoms with Crippen LogP contribution >= 0.6 is 11.6 Å². The van der Waals surface area contributed by atoms with Gasteiger partial charge in [0.15, 0.2) is 6.61 Å². The molecule has 0 bridgehead atoms. The lowest BCUT2D eigenvalue weighted by Gasteiger charge is -2.05. The Morgan fingerprint density at radius 1 is 1.33 bits per heavy atom. The zero-order valence-electron chi connectivity index (χ0n) is 12.1. The maximum atomic E-state index is 12.2. The highest BCUT2D eigenvalue weighted by Crippen LogP contribution is 2.17. The molecular formula is C14H12ClF3N4O2. The first-order valence-electron chi connectivity index (χ1n) is 6.62. The van der Waals surface area contributed by atoms with E-state index in [0.717, 1.165) is 10.9 Å². The SMILES string of the molecule is O=C(COc1ccc(Cl)cc1)NN=Cc1ccn(CC(F)(F)F)n1. The second-order valence-electron chi connectivity index (χ2n) is 4.59. The molecular weight excluding hydrogens is 349 g/mol. The first-order chi connectivity index (χ1) is 11.3. The smallest absolute Gasteiger partial charge is 0.408 e. The zero-order chi connectivity index (χ0) is 17.6. The van der Waals surface area contributed by atoms with Crippen molar-refractivity contribution >= 4 is 23.7 Å². The minimum Gasteiger partial charge on any atom is -0.484 e. The first-order valence-corrected chi connectivity index (χ1v) is 7.00. The van der Waals surface area contributed by atoms with Crippen molar-refractivity contribution in [2.75, 3.05) is 6.61 Å². The molecule has 24 heavy (non-hydrogen) atoms. The molecule has 1 aromatic carbocycles. The fraction of sp³-hybridized carbons (Fsp3) is 0.214. The molecule has 1 N–H and O–H groups in total. The molecule has 0 aliphatic rings. The Bertz CT molecular complexity index is 714. The van der Waals surface area contributed by atoms with Gasteiger partial charge in [-0.15, -0.1) is 0 Å². The molecule has 0 radical (unpaired) electrons. The van der Waals surface area contributed by atoms with Crippen LogP contribution < -0.4 is 10.2 Å². The normalized spacial score (nSPS) is 11.7. The third-order valence-corrected chi connectivity index (χ3v) is 2.82. The van der Waals surface area contributed by atoms with Crippen LogP contribution in [0.15, 0.2) is 41.6 Å². The Morgan fingerprint density at radius 2 is 2.04 bits per heavy atom. The van der Waals surface area contributed by atoms with Gasteiger partial charge in [0.1, 0.15) is 18.0 Å². The summed E-state index contributed by atoms with van der Waals surface area (Å²) in [6.07, 6.45) is -2.05. The minimum absolute atomic E-state index is 0.179. The summed E-state index contributed by atoms with van der Waals surface area (Å²) in [5.41, 5.74) is 2.36. The van der Waals surface area contributed by atoms with E-state index in [4.69, 9.17) is 16.3 Å². The number of ether oxygens (including phenoxy) is 1. The van der Waals surface area contributed by atoms with Crippen molar-refractivity contribution in [3.05, 3.63) is 47.2 Å². The number of carbonyl (C=O) groups is 1. The molecule has 1 aromatic heterocycles. The Hall–Kier alpha value is -2.55. The Kier molecular flexibility index (Phi) is 5.80. The number of hydrazone groups is 1. The molecule has 128 valence electrons. The molecule has 6 nitrogen and oxygen atoms in total. The van der Waals surface area contributed by atoms with Gasteiger partial charge in [0.05, 0.1) is 6.21 Å². The summed E-state index contributed by atoms with van der Waals surface area (Å²) >= 11 is 5.71. The van der Waals surface area contributed by atoms with Crippen molar-refractivity contribution in [1.82, 2.24) is 15.2 Å². The molecule has 0 atom stereocenters. The molecule has 2 rings (SSSR count). The van der Waals surface area contributed by atoms with Crippen LogP contribution in [0.4, 0.5) is 13.2 Å². The Labute approximate surface area is 139 Å². The maximum Gasteiger partial charge on any atom is 0.408 e. The lowest BCUT2D eigenvalue weighted by atomic mass is 10.3. The molecule has 0 saturated carbocycles. The number of rotatable bonds is 6. The third-order valence-electron chi connectivity index (χ3n) is 2.57. The monoisotopic (exact) mass is 360 g/mol. The Balaban J connectivity index is 1.77. The van der Waals surface area contributed by atoms with Crippen molar-refractivity contribution < 1.29 is 22.7 Å². The zero-order valence-corrected chi connectivity index (χ0v) is 12.9. The largest absolute Gasteiger partial charge is 0.484 e.